The van der Waals surface area contributed by atoms with E-state index < -0.39 is 0 Å². The van der Waals surface area contributed by atoms with E-state index in [1.54, 1.807) is 0 Å². The molecule has 3 N–H and O–H groups in total. The van der Waals surface area contributed by atoms with Crippen LogP contribution in [0.2, 0.25) is 0 Å². The summed E-state index contributed by atoms with van der Waals surface area (Å²) in [5.74, 6) is 1.32. The lowest BCUT2D eigenvalue weighted by Crippen LogP contribution is -2.50. The summed E-state index contributed by atoms with van der Waals surface area (Å²) in [6.45, 7) is 4.41. The summed E-state index contributed by atoms with van der Waals surface area (Å²) < 4.78 is 24.9. The minimum Gasteiger partial charge on any atom is -0.489 e. The first kappa shape index (κ1) is 18.9. The monoisotopic (exact) mass is 402 g/mol. The van der Waals surface area contributed by atoms with E-state index in [9.17, 15) is 4.39 Å². The number of nitrogens with zero attached hydrogens (tertiary/aromatic N) is 1. The Hall–Kier alpha value is -2.42. The molecule has 2 aromatic heterocycles. The van der Waals surface area contributed by atoms with Crippen molar-refractivity contribution in [2.45, 2.75) is 25.5 Å². The second kappa shape index (κ2) is 8.72. The molecule has 3 aromatic rings. The number of morpholine rings is 1. The fourth-order valence-corrected chi connectivity index (χ4v) is 3.89. The lowest BCUT2D eigenvalue weighted by atomic mass is 10.1. The minimum absolute atomic E-state index is 0.0699. The van der Waals surface area contributed by atoms with Gasteiger partial charge in [-0.3, -0.25) is 5.10 Å². The third-order valence-electron chi connectivity index (χ3n) is 4.62. The van der Waals surface area contributed by atoms with Crippen molar-refractivity contribution in [3.05, 3.63) is 47.6 Å². The highest BCUT2D eigenvalue weighted by Gasteiger charge is 2.24. The Balaban J connectivity index is 1.37. The van der Waals surface area contributed by atoms with E-state index in [1.165, 1.54) is 22.8 Å². The zero-order valence-electron chi connectivity index (χ0n) is 15.6. The van der Waals surface area contributed by atoms with Gasteiger partial charge in [-0.05, 0) is 36.8 Å². The predicted molar refractivity (Wildman–Crippen MR) is 109 cm³/mol. The van der Waals surface area contributed by atoms with E-state index >= 15 is 0 Å². The number of nitrogens with one attached hydrogen (secondary N) is 3. The molecule has 8 heteroatoms. The van der Waals surface area contributed by atoms with E-state index in [0.717, 1.165) is 41.7 Å². The van der Waals surface area contributed by atoms with Crippen molar-refractivity contribution in [1.82, 2.24) is 15.5 Å². The molecular formula is C20H23FN4O2S. The molecule has 0 radical (unpaired) electrons. The first-order valence-electron chi connectivity index (χ1n) is 9.36. The maximum atomic E-state index is 13.2. The molecule has 1 aliphatic rings. The zero-order valence-corrected chi connectivity index (χ0v) is 16.4. The summed E-state index contributed by atoms with van der Waals surface area (Å²) in [7, 11) is 0. The Kier molecular flexibility index (Phi) is 5.90. The number of aromatic amines is 1. The van der Waals surface area contributed by atoms with Gasteiger partial charge in [0.05, 0.1) is 24.1 Å². The second-order valence-electron chi connectivity index (χ2n) is 6.65. The van der Waals surface area contributed by atoms with Gasteiger partial charge in [0.15, 0.2) is 0 Å². The van der Waals surface area contributed by atoms with Gasteiger partial charge in [-0.1, -0.05) is 6.92 Å². The molecule has 1 aromatic carbocycles. The summed E-state index contributed by atoms with van der Waals surface area (Å²) in [6, 6.07) is 11.4. The van der Waals surface area contributed by atoms with Crippen molar-refractivity contribution in [3.8, 4) is 16.3 Å². The highest BCUT2D eigenvalue weighted by molar-refractivity contribution is 7.13. The molecule has 0 bridgehead atoms. The number of rotatable bonds is 7. The molecule has 0 spiro atoms. The van der Waals surface area contributed by atoms with Gasteiger partial charge < -0.3 is 20.1 Å². The molecule has 2 atom stereocenters. The van der Waals surface area contributed by atoms with Gasteiger partial charge in [0.1, 0.15) is 29.2 Å². The molecule has 3 heterocycles. The van der Waals surface area contributed by atoms with Crippen LogP contribution in [-0.4, -0.2) is 42.1 Å². The summed E-state index contributed by atoms with van der Waals surface area (Å²) in [5.41, 5.74) is 1.62. The molecule has 1 aliphatic heterocycles. The molecule has 6 nitrogen and oxygen atoms in total. The van der Waals surface area contributed by atoms with Crippen LogP contribution in [0, 0.1) is 5.82 Å². The van der Waals surface area contributed by atoms with Crippen LogP contribution >= 0.6 is 11.3 Å². The number of halogens is 1. The Bertz CT molecular complexity index is 890. The number of hydrogen-bond acceptors (Lipinski definition) is 6. The van der Waals surface area contributed by atoms with Crippen LogP contribution in [0.25, 0.3) is 10.6 Å². The number of benzene rings is 1. The molecule has 28 heavy (non-hydrogen) atoms. The Morgan fingerprint density at radius 3 is 2.89 bits per heavy atom. The number of thiophene rings is 1. The summed E-state index contributed by atoms with van der Waals surface area (Å²) in [4.78, 5) is 0.788. The number of ether oxygens (including phenoxy) is 2. The third-order valence-corrected chi connectivity index (χ3v) is 5.54. The first-order chi connectivity index (χ1) is 13.7. The van der Waals surface area contributed by atoms with Crippen molar-refractivity contribution in [2.24, 2.45) is 0 Å². The summed E-state index contributed by atoms with van der Waals surface area (Å²) in [6.07, 6.45) is 0.974. The van der Waals surface area contributed by atoms with Gasteiger partial charge in [0.2, 0.25) is 0 Å². The van der Waals surface area contributed by atoms with Crippen LogP contribution in [0.15, 0.2) is 41.8 Å². The molecular weight excluding hydrogens is 379 g/mol. The summed E-state index contributed by atoms with van der Waals surface area (Å²) in [5, 5.41) is 15.3. The highest BCUT2D eigenvalue weighted by atomic mass is 32.1. The molecule has 0 saturated carbocycles. The van der Waals surface area contributed by atoms with Gasteiger partial charge in [-0.2, -0.15) is 5.10 Å². The Morgan fingerprint density at radius 1 is 1.36 bits per heavy atom. The average molecular weight is 402 g/mol. The van der Waals surface area contributed by atoms with Gasteiger partial charge in [0, 0.05) is 23.7 Å². The van der Waals surface area contributed by atoms with Gasteiger partial charge >= 0.3 is 0 Å². The largest absolute Gasteiger partial charge is 0.489 e. The Morgan fingerprint density at radius 2 is 2.21 bits per heavy atom. The summed E-state index contributed by atoms with van der Waals surface area (Å²) >= 11 is 1.33. The second-order valence-corrected chi connectivity index (χ2v) is 7.56. The van der Waals surface area contributed by atoms with Crippen molar-refractivity contribution < 1.29 is 13.9 Å². The fraction of sp³-hybridized carbons (Fsp3) is 0.350. The number of hydrogen-bond donors (Lipinski definition) is 3. The van der Waals surface area contributed by atoms with Crippen molar-refractivity contribution in [3.63, 3.8) is 0 Å². The normalized spacial score (nSPS) is 18.0. The smallest absolute Gasteiger partial charge is 0.134 e. The molecule has 0 aliphatic carbocycles. The topological polar surface area (TPSA) is 71.2 Å². The van der Waals surface area contributed by atoms with Gasteiger partial charge in [-0.25, -0.2) is 4.39 Å². The zero-order chi connectivity index (χ0) is 19.3. The van der Waals surface area contributed by atoms with Crippen LogP contribution in [0.1, 0.15) is 13.3 Å². The molecule has 2 unspecified atom stereocenters. The third kappa shape index (κ3) is 4.52. The number of H-pyrrole nitrogens is 1. The van der Waals surface area contributed by atoms with Crippen molar-refractivity contribution >= 4 is 22.8 Å². The maximum Gasteiger partial charge on any atom is 0.134 e. The van der Waals surface area contributed by atoms with Crippen molar-refractivity contribution in [1.29, 1.82) is 0 Å². The maximum absolute atomic E-state index is 13.2. The van der Waals surface area contributed by atoms with Gasteiger partial charge in [-0.15, -0.1) is 11.3 Å². The Labute approximate surface area is 167 Å². The van der Waals surface area contributed by atoms with Crippen LogP contribution in [0.3, 0.4) is 0 Å². The standard InChI is InChI=1S/C20H23FN4O2S/c1-2-18(17-11-26-8-7-22-17)27-15-5-3-14(4-6-15)23-20-10-16(24-25-20)19-9-13(21)12-28-19/h3-6,9-10,12,17-18,22H,2,7-8,11H2,1H3,(H2,23,24,25). The van der Waals surface area contributed by atoms with Crippen LogP contribution in [0.4, 0.5) is 15.9 Å². The van der Waals surface area contributed by atoms with E-state index in [4.69, 9.17) is 9.47 Å². The van der Waals surface area contributed by atoms with E-state index in [0.29, 0.717) is 12.3 Å². The first-order valence-corrected chi connectivity index (χ1v) is 10.2. The minimum atomic E-state index is -0.242. The van der Waals surface area contributed by atoms with Gasteiger partial charge in [0.25, 0.3) is 0 Å². The number of anilines is 2. The predicted octanol–water partition coefficient (Wildman–Crippen LogP) is 4.17. The molecule has 0 amide bonds. The fourth-order valence-electron chi connectivity index (χ4n) is 3.18. The van der Waals surface area contributed by atoms with Crippen LogP contribution < -0.4 is 15.4 Å². The van der Waals surface area contributed by atoms with Crippen LogP contribution in [-0.2, 0) is 4.74 Å². The number of aromatic nitrogens is 2. The highest BCUT2D eigenvalue weighted by Crippen LogP contribution is 2.28. The molecule has 4 rings (SSSR count). The van der Waals surface area contributed by atoms with E-state index in [2.05, 4.69) is 27.8 Å². The SMILES string of the molecule is CCC(Oc1ccc(Nc2cc(-c3cc(F)cs3)n[nH]2)cc1)C1COCCN1. The quantitative estimate of drug-likeness (QED) is 0.553. The molecule has 1 saturated heterocycles. The lowest BCUT2D eigenvalue weighted by Gasteiger charge is -2.31. The van der Waals surface area contributed by atoms with E-state index in [1.807, 2.05) is 30.3 Å². The molecule has 148 valence electrons. The lowest BCUT2D eigenvalue weighted by molar-refractivity contribution is 0.0267. The van der Waals surface area contributed by atoms with E-state index in [-0.39, 0.29) is 18.0 Å². The van der Waals surface area contributed by atoms with Crippen LogP contribution in [0.5, 0.6) is 5.75 Å². The average Bonchev–Trinajstić information content (AvgIpc) is 3.37. The molecule has 1 fully saturated rings. The van der Waals surface area contributed by atoms with Crippen molar-refractivity contribution in [2.75, 3.05) is 25.1 Å².